The average Bonchev–Trinajstić information content (AvgIpc) is 3.31. The summed E-state index contributed by atoms with van der Waals surface area (Å²) in [6.45, 7) is 5.05. The quantitative estimate of drug-likeness (QED) is 0.386. The number of nitrogens with zero attached hydrogens (tertiary/aromatic N) is 2. The van der Waals surface area contributed by atoms with Gasteiger partial charge in [0.25, 0.3) is 11.8 Å². The molecule has 0 aliphatic carbocycles. The molecule has 0 atom stereocenters. The van der Waals surface area contributed by atoms with Crippen molar-refractivity contribution in [3.63, 3.8) is 0 Å². The van der Waals surface area contributed by atoms with Gasteiger partial charge in [-0.2, -0.15) is 0 Å². The van der Waals surface area contributed by atoms with Crippen molar-refractivity contribution < 1.29 is 14.3 Å². The Morgan fingerprint density at radius 3 is 2.12 bits per heavy atom. The summed E-state index contributed by atoms with van der Waals surface area (Å²) in [7, 11) is 0. The van der Waals surface area contributed by atoms with Crippen molar-refractivity contribution in [2.75, 3.05) is 17.2 Å². The third-order valence-electron chi connectivity index (χ3n) is 5.18. The topological polar surface area (TPSA) is 85.2 Å². The average molecular weight is 455 g/mol. The first kappa shape index (κ1) is 22.8. The van der Waals surface area contributed by atoms with Gasteiger partial charge in [0.05, 0.1) is 12.9 Å². The van der Waals surface area contributed by atoms with Gasteiger partial charge in [-0.05, 0) is 67.9 Å². The van der Waals surface area contributed by atoms with Crippen molar-refractivity contribution in [3.05, 3.63) is 108 Å². The third kappa shape index (κ3) is 5.89. The highest BCUT2D eigenvalue weighted by Crippen LogP contribution is 2.17. The van der Waals surface area contributed by atoms with Crippen LogP contribution in [-0.4, -0.2) is 28.0 Å². The molecule has 2 N–H and O–H groups in total. The number of rotatable bonds is 8. The van der Waals surface area contributed by atoms with Gasteiger partial charge in [0, 0.05) is 29.7 Å². The van der Waals surface area contributed by atoms with Crippen LogP contribution in [0.1, 0.15) is 38.9 Å². The molecule has 4 rings (SSSR count). The molecule has 0 radical (unpaired) electrons. The second-order valence-electron chi connectivity index (χ2n) is 7.86. The number of anilines is 2. The lowest BCUT2D eigenvalue weighted by Crippen LogP contribution is -2.12. The molecule has 0 aliphatic rings. The second-order valence-corrected chi connectivity index (χ2v) is 7.86. The minimum absolute atomic E-state index is 0.148. The zero-order valence-electron chi connectivity index (χ0n) is 19.1. The summed E-state index contributed by atoms with van der Waals surface area (Å²) >= 11 is 0. The van der Waals surface area contributed by atoms with Crippen LogP contribution in [0.3, 0.4) is 0 Å². The van der Waals surface area contributed by atoms with Crippen LogP contribution in [0, 0.1) is 6.92 Å². The Hall–Kier alpha value is -4.39. The lowest BCUT2D eigenvalue weighted by molar-refractivity contribution is 0.101. The van der Waals surface area contributed by atoms with Crippen molar-refractivity contribution in [3.8, 4) is 5.75 Å². The lowest BCUT2D eigenvalue weighted by Gasteiger charge is -2.08. The van der Waals surface area contributed by atoms with E-state index < -0.39 is 0 Å². The maximum Gasteiger partial charge on any atom is 0.275 e. The van der Waals surface area contributed by atoms with Crippen LogP contribution >= 0.6 is 0 Å². The van der Waals surface area contributed by atoms with E-state index >= 15 is 0 Å². The molecule has 34 heavy (non-hydrogen) atoms. The number of hydrogen-bond donors (Lipinski definition) is 2. The number of benzene rings is 3. The molecule has 3 aromatic carbocycles. The van der Waals surface area contributed by atoms with Gasteiger partial charge in [0.1, 0.15) is 11.4 Å². The molecule has 0 bridgehead atoms. The van der Waals surface area contributed by atoms with E-state index in [1.54, 1.807) is 24.7 Å². The smallest absolute Gasteiger partial charge is 0.275 e. The Balaban J connectivity index is 1.33. The van der Waals surface area contributed by atoms with Gasteiger partial charge in [0.2, 0.25) is 0 Å². The SMILES string of the molecule is CCOc1ccc(NC(=O)c2cn(Cc3ccc(NC(=O)c4ccc(C)cc4)cc3)cn2)cc1. The number of amides is 2. The number of carbonyl (C=O) groups is 2. The van der Waals surface area contributed by atoms with E-state index in [0.29, 0.717) is 30.1 Å². The van der Waals surface area contributed by atoms with Crippen molar-refractivity contribution >= 4 is 23.2 Å². The van der Waals surface area contributed by atoms with Gasteiger partial charge in [-0.15, -0.1) is 0 Å². The first-order chi connectivity index (χ1) is 16.5. The normalized spacial score (nSPS) is 10.5. The highest BCUT2D eigenvalue weighted by Gasteiger charge is 2.11. The maximum atomic E-state index is 12.5. The van der Waals surface area contributed by atoms with Crippen molar-refractivity contribution in [1.29, 1.82) is 0 Å². The zero-order chi connectivity index (χ0) is 23.9. The molecular formula is C27H26N4O3. The van der Waals surface area contributed by atoms with Crippen molar-refractivity contribution in [2.24, 2.45) is 0 Å². The Labute approximate surface area is 198 Å². The molecule has 7 nitrogen and oxygen atoms in total. The summed E-state index contributed by atoms with van der Waals surface area (Å²) in [5, 5.41) is 5.74. The molecule has 0 fully saturated rings. The van der Waals surface area contributed by atoms with E-state index in [1.165, 1.54) is 0 Å². The number of carbonyl (C=O) groups excluding carboxylic acids is 2. The summed E-state index contributed by atoms with van der Waals surface area (Å²) in [6.07, 6.45) is 3.33. The van der Waals surface area contributed by atoms with Crippen LogP contribution in [0.2, 0.25) is 0 Å². The van der Waals surface area contributed by atoms with Gasteiger partial charge < -0.3 is 19.9 Å². The van der Waals surface area contributed by atoms with Gasteiger partial charge in [-0.3, -0.25) is 9.59 Å². The van der Waals surface area contributed by atoms with Crippen LogP contribution in [0.25, 0.3) is 0 Å². The molecule has 172 valence electrons. The number of ether oxygens (including phenoxy) is 1. The molecule has 2 amide bonds. The Morgan fingerprint density at radius 1 is 0.853 bits per heavy atom. The number of imidazole rings is 1. The Bertz CT molecular complexity index is 1260. The highest BCUT2D eigenvalue weighted by atomic mass is 16.5. The zero-order valence-corrected chi connectivity index (χ0v) is 19.1. The molecule has 1 aromatic heterocycles. The first-order valence-corrected chi connectivity index (χ1v) is 11.0. The van der Waals surface area contributed by atoms with E-state index in [2.05, 4.69) is 15.6 Å². The molecule has 0 unspecified atom stereocenters. The summed E-state index contributed by atoms with van der Waals surface area (Å²) in [4.78, 5) is 29.1. The maximum absolute atomic E-state index is 12.5. The fraction of sp³-hybridized carbons (Fsp3) is 0.148. The van der Waals surface area contributed by atoms with E-state index in [-0.39, 0.29) is 11.8 Å². The monoisotopic (exact) mass is 454 g/mol. The Morgan fingerprint density at radius 2 is 1.47 bits per heavy atom. The molecule has 0 saturated carbocycles. The minimum atomic E-state index is -0.280. The molecule has 1 heterocycles. The standard InChI is InChI=1S/C27H26N4O3/c1-3-34-24-14-12-23(13-15-24)30-27(33)25-17-31(18-28-25)16-20-6-10-22(11-7-20)29-26(32)21-8-4-19(2)5-9-21/h4-15,17-18H,3,16H2,1-2H3,(H,29,32)(H,30,33). The van der Waals surface area contributed by atoms with Crippen molar-refractivity contribution in [1.82, 2.24) is 9.55 Å². The second kappa shape index (κ2) is 10.5. The predicted octanol–water partition coefficient (Wildman–Crippen LogP) is 5.14. The number of aryl methyl sites for hydroxylation is 1. The van der Waals surface area contributed by atoms with E-state index in [1.807, 2.05) is 79.1 Å². The number of aromatic nitrogens is 2. The summed E-state index contributed by atoms with van der Waals surface area (Å²) < 4.78 is 7.25. The fourth-order valence-corrected chi connectivity index (χ4v) is 3.37. The van der Waals surface area contributed by atoms with Crippen molar-refractivity contribution in [2.45, 2.75) is 20.4 Å². The molecule has 4 aromatic rings. The van der Waals surface area contributed by atoms with Crippen LogP contribution in [0.4, 0.5) is 11.4 Å². The van der Waals surface area contributed by atoms with E-state index in [0.717, 1.165) is 22.6 Å². The highest BCUT2D eigenvalue weighted by molar-refractivity contribution is 6.04. The van der Waals surface area contributed by atoms with Crippen LogP contribution < -0.4 is 15.4 Å². The van der Waals surface area contributed by atoms with Crippen LogP contribution in [-0.2, 0) is 6.54 Å². The van der Waals surface area contributed by atoms with Crippen LogP contribution in [0.5, 0.6) is 5.75 Å². The first-order valence-electron chi connectivity index (χ1n) is 11.0. The number of nitrogens with one attached hydrogen (secondary N) is 2. The Kier molecular flexibility index (Phi) is 7.03. The lowest BCUT2D eigenvalue weighted by atomic mass is 10.1. The van der Waals surface area contributed by atoms with Gasteiger partial charge in [-0.1, -0.05) is 29.8 Å². The molecular weight excluding hydrogens is 428 g/mol. The summed E-state index contributed by atoms with van der Waals surface area (Å²) in [6, 6.07) is 22.2. The number of hydrogen-bond acceptors (Lipinski definition) is 4. The van der Waals surface area contributed by atoms with E-state index in [9.17, 15) is 9.59 Å². The summed E-state index contributed by atoms with van der Waals surface area (Å²) in [5.41, 5.74) is 4.46. The largest absolute Gasteiger partial charge is 0.494 e. The predicted molar refractivity (Wildman–Crippen MR) is 132 cm³/mol. The molecule has 0 saturated heterocycles. The van der Waals surface area contributed by atoms with Gasteiger partial charge in [-0.25, -0.2) is 4.98 Å². The van der Waals surface area contributed by atoms with Gasteiger partial charge >= 0.3 is 0 Å². The molecule has 0 spiro atoms. The van der Waals surface area contributed by atoms with Crippen LogP contribution in [0.15, 0.2) is 85.3 Å². The molecule has 7 heteroatoms. The van der Waals surface area contributed by atoms with Gasteiger partial charge in [0.15, 0.2) is 0 Å². The third-order valence-corrected chi connectivity index (χ3v) is 5.18. The fourth-order valence-electron chi connectivity index (χ4n) is 3.37. The minimum Gasteiger partial charge on any atom is -0.494 e. The van der Waals surface area contributed by atoms with E-state index in [4.69, 9.17) is 4.74 Å². The molecule has 0 aliphatic heterocycles. The summed E-state index contributed by atoms with van der Waals surface area (Å²) in [5.74, 6) is 0.327.